The van der Waals surface area contributed by atoms with Crippen molar-refractivity contribution in [3.8, 4) is 11.8 Å². The fraction of sp³-hybridized carbons (Fsp3) is 0.176. The van der Waals surface area contributed by atoms with E-state index >= 15 is 0 Å². The Kier molecular flexibility index (Phi) is 5.08. The summed E-state index contributed by atoms with van der Waals surface area (Å²) in [6.45, 7) is 4.24. The van der Waals surface area contributed by atoms with Gasteiger partial charge in [0.05, 0.1) is 10.4 Å². The number of ether oxygens (including phenoxy) is 1. The van der Waals surface area contributed by atoms with Crippen LogP contribution in [0.1, 0.15) is 0 Å². The van der Waals surface area contributed by atoms with Crippen molar-refractivity contribution in [3.05, 3.63) is 53.8 Å². The zero-order chi connectivity index (χ0) is 17.8. The largest absolute Gasteiger partial charge is 0.424 e. The number of hydrogen-bond acceptors (Lipinski definition) is 5. The Morgan fingerprint density at radius 2 is 2.04 bits per heavy atom. The predicted octanol–water partition coefficient (Wildman–Crippen LogP) is 2.61. The zero-order valence-corrected chi connectivity index (χ0v) is 14.8. The number of carbonyl (C=O) groups is 2. The van der Waals surface area contributed by atoms with Gasteiger partial charge in [-0.2, -0.15) is 0 Å². The molecule has 0 atom stereocenters. The Labute approximate surface area is 152 Å². The summed E-state index contributed by atoms with van der Waals surface area (Å²) in [5.41, 5.74) is 0.605. The van der Waals surface area contributed by atoms with Crippen LogP contribution < -0.4 is 10.1 Å². The minimum atomic E-state index is -0.219. The third-order valence-electron chi connectivity index (χ3n) is 3.65. The van der Waals surface area contributed by atoms with Gasteiger partial charge in [-0.25, -0.2) is 9.97 Å². The molecule has 1 saturated heterocycles. The lowest BCUT2D eigenvalue weighted by Crippen LogP contribution is -2.53. The molecule has 8 heteroatoms. The van der Waals surface area contributed by atoms with Gasteiger partial charge >= 0.3 is 6.01 Å². The monoisotopic (exact) mass is 402 g/mol. The summed E-state index contributed by atoms with van der Waals surface area (Å²) in [5.74, 6) is -0.000394. The van der Waals surface area contributed by atoms with E-state index in [2.05, 4.69) is 37.8 Å². The number of benzene rings is 1. The maximum atomic E-state index is 12.2. The molecule has 25 heavy (non-hydrogen) atoms. The number of nitrogens with one attached hydrogen (secondary N) is 1. The van der Waals surface area contributed by atoms with Crippen LogP contribution in [-0.4, -0.2) is 39.8 Å². The first-order valence-corrected chi connectivity index (χ1v) is 8.32. The Hall–Kier alpha value is -2.74. The SMILES string of the molecule is C=CC(=O)N1CC(C(=O)Nc2cccc(Oc3ncc(Br)cn3)c2)C1. The van der Waals surface area contributed by atoms with Crippen molar-refractivity contribution < 1.29 is 14.3 Å². The van der Waals surface area contributed by atoms with Gasteiger partial charge in [-0.1, -0.05) is 12.6 Å². The number of halogens is 1. The summed E-state index contributed by atoms with van der Waals surface area (Å²) < 4.78 is 6.32. The molecule has 0 unspecified atom stereocenters. The van der Waals surface area contributed by atoms with Gasteiger partial charge in [0.25, 0.3) is 0 Å². The number of likely N-dealkylation sites (tertiary alicyclic amines) is 1. The normalized spacial score (nSPS) is 13.7. The van der Waals surface area contributed by atoms with Gasteiger partial charge in [-0.15, -0.1) is 0 Å². The van der Waals surface area contributed by atoms with Crippen LogP contribution in [0.5, 0.6) is 11.8 Å². The van der Waals surface area contributed by atoms with E-state index in [0.29, 0.717) is 24.5 Å². The van der Waals surface area contributed by atoms with E-state index in [9.17, 15) is 9.59 Å². The molecule has 128 valence electrons. The molecule has 7 nitrogen and oxygen atoms in total. The first kappa shape index (κ1) is 17.1. The van der Waals surface area contributed by atoms with E-state index in [-0.39, 0.29) is 23.7 Å². The molecule has 2 heterocycles. The van der Waals surface area contributed by atoms with Crippen LogP contribution in [0.2, 0.25) is 0 Å². The standard InChI is InChI=1S/C17H15BrN4O3/c1-2-15(23)22-9-11(10-22)16(24)21-13-4-3-5-14(6-13)25-17-19-7-12(18)8-20-17/h2-8,11H,1,9-10H2,(H,21,24). The lowest BCUT2D eigenvalue weighted by atomic mass is 9.99. The highest BCUT2D eigenvalue weighted by Crippen LogP contribution is 2.24. The molecule has 2 aromatic rings. The van der Waals surface area contributed by atoms with Crippen molar-refractivity contribution >= 4 is 33.4 Å². The van der Waals surface area contributed by atoms with Gasteiger partial charge in [0.15, 0.2) is 0 Å². The topological polar surface area (TPSA) is 84.4 Å². The molecule has 0 bridgehead atoms. The van der Waals surface area contributed by atoms with Crippen LogP contribution in [0.3, 0.4) is 0 Å². The van der Waals surface area contributed by atoms with Crippen molar-refractivity contribution in [2.24, 2.45) is 5.92 Å². The van der Waals surface area contributed by atoms with Gasteiger partial charge in [0.2, 0.25) is 11.8 Å². The molecule has 0 aliphatic carbocycles. The van der Waals surface area contributed by atoms with Gasteiger partial charge in [-0.05, 0) is 34.1 Å². The van der Waals surface area contributed by atoms with Crippen LogP contribution in [0.15, 0.2) is 53.8 Å². The van der Waals surface area contributed by atoms with E-state index in [1.807, 2.05) is 0 Å². The van der Waals surface area contributed by atoms with E-state index in [1.54, 1.807) is 41.6 Å². The maximum absolute atomic E-state index is 12.2. The fourth-order valence-electron chi connectivity index (χ4n) is 2.29. The zero-order valence-electron chi connectivity index (χ0n) is 13.2. The number of aromatic nitrogens is 2. The summed E-state index contributed by atoms with van der Waals surface area (Å²) >= 11 is 3.26. The molecule has 1 N–H and O–H groups in total. The number of anilines is 1. The minimum Gasteiger partial charge on any atom is -0.424 e. The summed E-state index contributed by atoms with van der Waals surface area (Å²) in [6, 6.07) is 7.17. The molecule has 1 aliphatic heterocycles. The van der Waals surface area contributed by atoms with E-state index in [1.165, 1.54) is 6.08 Å². The molecule has 2 amide bonds. The lowest BCUT2D eigenvalue weighted by molar-refractivity contribution is -0.137. The molecule has 0 radical (unpaired) electrons. The maximum Gasteiger partial charge on any atom is 0.321 e. The van der Waals surface area contributed by atoms with Crippen molar-refractivity contribution in [2.75, 3.05) is 18.4 Å². The first-order valence-electron chi connectivity index (χ1n) is 7.53. The van der Waals surface area contributed by atoms with Gasteiger partial charge in [-0.3, -0.25) is 9.59 Å². The molecule has 1 fully saturated rings. The quantitative estimate of drug-likeness (QED) is 0.776. The summed E-state index contributed by atoms with van der Waals surface area (Å²) in [7, 11) is 0. The molecule has 0 saturated carbocycles. The molecular weight excluding hydrogens is 388 g/mol. The summed E-state index contributed by atoms with van der Waals surface area (Å²) in [6.07, 6.45) is 4.42. The number of hydrogen-bond donors (Lipinski definition) is 1. The van der Waals surface area contributed by atoms with E-state index in [0.717, 1.165) is 4.47 Å². The molecule has 1 aromatic carbocycles. The van der Waals surface area contributed by atoms with Crippen LogP contribution in [-0.2, 0) is 9.59 Å². The van der Waals surface area contributed by atoms with E-state index in [4.69, 9.17) is 4.74 Å². The third-order valence-corrected chi connectivity index (χ3v) is 4.06. The highest BCUT2D eigenvalue weighted by atomic mass is 79.9. The number of nitrogens with zero attached hydrogens (tertiary/aromatic N) is 3. The van der Waals surface area contributed by atoms with E-state index < -0.39 is 0 Å². The minimum absolute atomic E-state index is 0.134. The fourth-order valence-corrected chi connectivity index (χ4v) is 2.50. The Morgan fingerprint density at radius 1 is 1.32 bits per heavy atom. The van der Waals surface area contributed by atoms with Crippen molar-refractivity contribution in [2.45, 2.75) is 0 Å². The second kappa shape index (κ2) is 7.43. The molecule has 1 aromatic heterocycles. The summed E-state index contributed by atoms with van der Waals surface area (Å²) in [4.78, 5) is 33.3. The predicted molar refractivity (Wildman–Crippen MR) is 95.1 cm³/mol. The molecular formula is C17H15BrN4O3. The van der Waals surface area contributed by atoms with Gasteiger partial charge < -0.3 is 15.0 Å². The smallest absolute Gasteiger partial charge is 0.321 e. The third kappa shape index (κ3) is 4.21. The lowest BCUT2D eigenvalue weighted by Gasteiger charge is -2.37. The summed E-state index contributed by atoms with van der Waals surface area (Å²) in [5, 5.41) is 2.83. The number of amides is 2. The average Bonchev–Trinajstić information content (AvgIpc) is 2.55. The number of carbonyl (C=O) groups excluding carboxylic acids is 2. The van der Waals surface area contributed by atoms with Crippen molar-refractivity contribution in [3.63, 3.8) is 0 Å². The van der Waals surface area contributed by atoms with Crippen molar-refractivity contribution in [1.82, 2.24) is 14.9 Å². The highest BCUT2D eigenvalue weighted by Gasteiger charge is 2.34. The first-order chi connectivity index (χ1) is 12.0. The average molecular weight is 403 g/mol. The second-order valence-electron chi connectivity index (χ2n) is 5.45. The van der Waals surface area contributed by atoms with Crippen LogP contribution in [0.4, 0.5) is 5.69 Å². The Morgan fingerprint density at radius 3 is 2.72 bits per heavy atom. The van der Waals surface area contributed by atoms with Crippen LogP contribution in [0.25, 0.3) is 0 Å². The molecule has 1 aliphatic rings. The van der Waals surface area contributed by atoms with Crippen molar-refractivity contribution in [1.29, 1.82) is 0 Å². The van der Waals surface area contributed by atoms with Gasteiger partial charge in [0, 0.05) is 37.2 Å². The van der Waals surface area contributed by atoms with Crippen LogP contribution in [0, 0.1) is 5.92 Å². The number of rotatable bonds is 5. The molecule has 0 spiro atoms. The Balaban J connectivity index is 1.58. The second-order valence-corrected chi connectivity index (χ2v) is 6.36. The highest BCUT2D eigenvalue weighted by molar-refractivity contribution is 9.10. The van der Waals surface area contributed by atoms with Crippen LogP contribution >= 0.6 is 15.9 Å². The van der Waals surface area contributed by atoms with Gasteiger partial charge in [0.1, 0.15) is 5.75 Å². The molecule has 3 rings (SSSR count). The Bertz CT molecular complexity index is 804.